The summed E-state index contributed by atoms with van der Waals surface area (Å²) in [7, 11) is -2.46. The van der Waals surface area contributed by atoms with Crippen molar-refractivity contribution in [3.63, 3.8) is 0 Å². The second-order valence-corrected chi connectivity index (χ2v) is 9.30. The molecule has 30 heavy (non-hydrogen) atoms. The Morgan fingerprint density at radius 1 is 1.23 bits per heavy atom. The first kappa shape index (κ1) is 22.0. The Labute approximate surface area is 176 Å². The molecule has 0 saturated carbocycles. The lowest BCUT2D eigenvalue weighted by atomic mass is 10.1. The molecule has 0 atom stereocenters. The van der Waals surface area contributed by atoms with E-state index in [1.165, 1.54) is 19.3 Å². The van der Waals surface area contributed by atoms with Crippen LogP contribution < -0.4 is 10.0 Å². The molecule has 160 valence electrons. The van der Waals surface area contributed by atoms with E-state index in [0.717, 1.165) is 17.5 Å². The van der Waals surface area contributed by atoms with Gasteiger partial charge >= 0.3 is 6.55 Å². The van der Waals surface area contributed by atoms with Gasteiger partial charge in [-0.15, -0.1) is 0 Å². The van der Waals surface area contributed by atoms with Crippen LogP contribution in [0.25, 0.3) is 10.7 Å². The number of carbonyl (C=O) groups excluding carboxylic acids is 1. The minimum Gasteiger partial charge on any atom is -0.298 e. The first-order valence-electron chi connectivity index (χ1n) is 8.70. The van der Waals surface area contributed by atoms with Gasteiger partial charge in [0.25, 0.3) is 5.91 Å². The van der Waals surface area contributed by atoms with Crippen LogP contribution in [0.3, 0.4) is 0 Å². The lowest BCUT2D eigenvalue weighted by molar-refractivity contribution is 0.0720. The molecule has 0 fully saturated rings. The minimum atomic E-state index is -3.75. The Morgan fingerprint density at radius 2 is 1.93 bits per heavy atom. The maximum absolute atomic E-state index is 13.1. The van der Waals surface area contributed by atoms with Crippen molar-refractivity contribution in [2.45, 2.75) is 32.2 Å². The van der Waals surface area contributed by atoms with Crippen LogP contribution in [0.2, 0.25) is 0 Å². The van der Waals surface area contributed by atoms with Crippen LogP contribution >= 0.6 is 11.3 Å². The lowest BCUT2D eigenvalue weighted by Crippen LogP contribution is -2.21. The van der Waals surface area contributed by atoms with Gasteiger partial charge in [0, 0.05) is 18.0 Å². The number of thiazole rings is 1. The number of hydrogen-bond acceptors (Lipinski definition) is 6. The molecule has 0 aliphatic carbocycles. The summed E-state index contributed by atoms with van der Waals surface area (Å²) in [6.07, 6.45) is 2.42. The molecule has 2 N–H and O–H groups in total. The quantitative estimate of drug-likeness (QED) is 0.592. The molecule has 12 heteroatoms. The maximum Gasteiger partial charge on any atom is 0.320 e. The monoisotopic (exact) mass is 455 g/mol. The van der Waals surface area contributed by atoms with Gasteiger partial charge in [0.2, 0.25) is 10.0 Å². The van der Waals surface area contributed by atoms with E-state index in [0.29, 0.717) is 26.3 Å². The number of halogens is 2. The number of alkyl halides is 2. The number of rotatable bonds is 6. The van der Waals surface area contributed by atoms with E-state index in [1.54, 1.807) is 26.8 Å². The Balaban J connectivity index is 1.94. The number of aryl methyl sites for hydroxylation is 2. The minimum absolute atomic E-state index is 0.00474. The molecule has 1 aromatic carbocycles. The third-order valence-electron chi connectivity index (χ3n) is 4.54. The zero-order chi connectivity index (χ0) is 22.2. The first-order chi connectivity index (χ1) is 14.0. The van der Waals surface area contributed by atoms with Gasteiger partial charge in [-0.05, 0) is 51.1 Å². The summed E-state index contributed by atoms with van der Waals surface area (Å²) < 4.78 is 53.7. The van der Waals surface area contributed by atoms with E-state index in [1.807, 2.05) is 0 Å². The number of aromatic nitrogens is 3. The van der Waals surface area contributed by atoms with E-state index < -0.39 is 22.5 Å². The average Bonchev–Trinajstić information content (AvgIpc) is 3.29. The molecule has 0 aliphatic heterocycles. The third-order valence-corrected chi connectivity index (χ3v) is 7.15. The van der Waals surface area contributed by atoms with Gasteiger partial charge in [-0.25, -0.2) is 23.1 Å². The van der Waals surface area contributed by atoms with Gasteiger partial charge in [0.15, 0.2) is 11.0 Å². The smallest absolute Gasteiger partial charge is 0.298 e. The highest BCUT2D eigenvalue weighted by Crippen LogP contribution is 2.33. The predicted molar refractivity (Wildman–Crippen MR) is 109 cm³/mol. The van der Waals surface area contributed by atoms with Crippen molar-refractivity contribution in [3.8, 4) is 10.7 Å². The normalized spacial score (nSPS) is 11.8. The molecule has 3 rings (SSSR count). The average molecular weight is 456 g/mol. The molecule has 2 aromatic heterocycles. The van der Waals surface area contributed by atoms with Crippen molar-refractivity contribution in [1.29, 1.82) is 0 Å². The SMILES string of the molecule is CNS(=O)(=O)c1cc(C(=O)Nc2nc(C)c(-c3nccn3C(F)F)s2)cc(C)c1C. The molecule has 0 radical (unpaired) electrons. The van der Waals surface area contributed by atoms with Crippen LogP contribution in [0, 0.1) is 20.8 Å². The van der Waals surface area contributed by atoms with Crippen molar-refractivity contribution < 1.29 is 22.0 Å². The zero-order valence-electron chi connectivity index (χ0n) is 16.5. The van der Waals surface area contributed by atoms with Crippen LogP contribution in [0.15, 0.2) is 29.4 Å². The number of nitrogens with zero attached hydrogens (tertiary/aromatic N) is 3. The molecule has 0 bridgehead atoms. The highest BCUT2D eigenvalue weighted by Gasteiger charge is 2.22. The van der Waals surface area contributed by atoms with E-state index in [-0.39, 0.29) is 21.4 Å². The lowest BCUT2D eigenvalue weighted by Gasteiger charge is -2.12. The Kier molecular flexibility index (Phi) is 6.01. The molecular weight excluding hydrogens is 436 g/mol. The molecule has 0 spiro atoms. The fraction of sp³-hybridized carbons (Fsp3) is 0.278. The standard InChI is InChI=1S/C18H19F2N5O3S2/c1-9-7-12(8-13(10(9)2)30(27,28)21-4)16(26)24-18-23-11(3)14(29-18)15-22-5-6-25(15)17(19)20/h5-8,17,21H,1-4H3,(H,23,24,26). The number of anilines is 1. The van der Waals surface area contributed by atoms with Crippen LogP contribution in [0.1, 0.15) is 33.7 Å². The highest BCUT2D eigenvalue weighted by molar-refractivity contribution is 7.89. The second-order valence-electron chi connectivity index (χ2n) is 6.45. The van der Waals surface area contributed by atoms with E-state index >= 15 is 0 Å². The second kappa shape index (κ2) is 8.20. The summed E-state index contributed by atoms with van der Waals surface area (Å²) in [6.45, 7) is 2.23. The van der Waals surface area contributed by atoms with Crippen LogP contribution in [0.5, 0.6) is 0 Å². The van der Waals surface area contributed by atoms with Gasteiger partial charge in [0.05, 0.1) is 15.5 Å². The number of carbonyl (C=O) groups is 1. The van der Waals surface area contributed by atoms with Gasteiger partial charge in [0.1, 0.15) is 0 Å². The fourth-order valence-corrected chi connectivity index (χ4v) is 4.85. The van der Waals surface area contributed by atoms with Crippen molar-refractivity contribution in [3.05, 3.63) is 46.9 Å². The molecule has 0 unspecified atom stereocenters. The van der Waals surface area contributed by atoms with E-state index in [4.69, 9.17) is 0 Å². The summed E-state index contributed by atoms with van der Waals surface area (Å²) in [4.78, 5) is 21.3. The number of benzene rings is 1. The molecule has 3 aromatic rings. The Bertz CT molecular complexity index is 1220. The number of imidazole rings is 1. The molecule has 0 aliphatic rings. The van der Waals surface area contributed by atoms with Crippen LogP contribution in [-0.4, -0.2) is 35.9 Å². The van der Waals surface area contributed by atoms with Gasteiger partial charge < -0.3 is 0 Å². The number of sulfonamides is 1. The highest BCUT2D eigenvalue weighted by atomic mass is 32.2. The summed E-state index contributed by atoms with van der Waals surface area (Å²) in [5.41, 5.74) is 1.73. The molecule has 8 nitrogen and oxygen atoms in total. The van der Waals surface area contributed by atoms with Crippen molar-refractivity contribution >= 4 is 32.4 Å². The largest absolute Gasteiger partial charge is 0.320 e. The molecule has 2 heterocycles. The zero-order valence-corrected chi connectivity index (χ0v) is 18.2. The summed E-state index contributed by atoms with van der Waals surface area (Å²) in [5, 5.41) is 2.79. The van der Waals surface area contributed by atoms with Gasteiger partial charge in [-0.2, -0.15) is 8.78 Å². The fourth-order valence-electron chi connectivity index (χ4n) is 2.82. The molecule has 0 saturated heterocycles. The summed E-state index contributed by atoms with van der Waals surface area (Å²) in [6, 6.07) is 2.86. The van der Waals surface area contributed by atoms with E-state index in [9.17, 15) is 22.0 Å². The van der Waals surface area contributed by atoms with Gasteiger partial charge in [-0.1, -0.05) is 11.3 Å². The predicted octanol–water partition coefficient (Wildman–Crippen LogP) is 3.49. The third kappa shape index (κ3) is 4.11. The van der Waals surface area contributed by atoms with Gasteiger partial charge in [-0.3, -0.25) is 14.7 Å². The van der Waals surface area contributed by atoms with Crippen LogP contribution in [0.4, 0.5) is 13.9 Å². The molecular formula is C18H19F2N5O3S2. The first-order valence-corrected chi connectivity index (χ1v) is 11.0. The van der Waals surface area contributed by atoms with Crippen molar-refractivity contribution in [2.24, 2.45) is 0 Å². The van der Waals surface area contributed by atoms with Crippen molar-refractivity contribution in [1.82, 2.24) is 19.3 Å². The Hall–Kier alpha value is -2.70. The number of nitrogens with one attached hydrogen (secondary N) is 2. The van der Waals surface area contributed by atoms with E-state index in [2.05, 4.69) is 20.0 Å². The summed E-state index contributed by atoms with van der Waals surface area (Å²) in [5.74, 6) is -0.516. The number of hydrogen-bond donors (Lipinski definition) is 2. The molecule has 1 amide bonds. The van der Waals surface area contributed by atoms with Crippen LogP contribution in [-0.2, 0) is 10.0 Å². The number of amides is 1. The van der Waals surface area contributed by atoms with Crippen molar-refractivity contribution in [2.75, 3.05) is 12.4 Å². The summed E-state index contributed by atoms with van der Waals surface area (Å²) >= 11 is 1.00. The maximum atomic E-state index is 13.1. The topological polar surface area (TPSA) is 106 Å². The Morgan fingerprint density at radius 3 is 2.57 bits per heavy atom.